The van der Waals surface area contributed by atoms with Crippen LogP contribution in [0, 0.1) is 0 Å². The van der Waals surface area contributed by atoms with Crippen LogP contribution in [-0.4, -0.2) is 61.1 Å². The first-order valence-electron chi connectivity index (χ1n) is 13.2. The van der Waals surface area contributed by atoms with Gasteiger partial charge in [-0.2, -0.15) is 0 Å². The number of carbonyl (C=O) groups excluding carboxylic acids is 1. The normalized spacial score (nSPS) is 17.3. The van der Waals surface area contributed by atoms with Crippen LogP contribution in [0.25, 0.3) is 21.2 Å². The molecule has 2 aromatic heterocycles. The Hall–Kier alpha value is -3.20. The van der Waals surface area contributed by atoms with E-state index in [1.54, 1.807) is 7.11 Å². The van der Waals surface area contributed by atoms with Gasteiger partial charge in [0.1, 0.15) is 10.6 Å². The number of benzene rings is 2. The molecule has 1 amide bonds. The number of nitrogens with one attached hydrogen (secondary N) is 1. The molecule has 0 unspecified atom stereocenters. The van der Waals surface area contributed by atoms with Crippen LogP contribution in [0.1, 0.15) is 40.9 Å². The van der Waals surface area contributed by atoms with E-state index in [4.69, 9.17) is 16.3 Å². The van der Waals surface area contributed by atoms with Crippen molar-refractivity contribution >= 4 is 44.9 Å². The van der Waals surface area contributed by atoms with Gasteiger partial charge in [-0.15, -0.1) is 11.3 Å². The van der Waals surface area contributed by atoms with Gasteiger partial charge in [0.05, 0.1) is 12.1 Å². The van der Waals surface area contributed by atoms with E-state index in [1.165, 1.54) is 11.3 Å². The number of hydrogen-bond acceptors (Lipinski definition) is 7. The van der Waals surface area contributed by atoms with Crippen molar-refractivity contribution in [3.8, 4) is 16.9 Å². The first kappa shape index (κ1) is 27.4. The lowest BCUT2D eigenvalue weighted by atomic mass is 9.89. The largest absolute Gasteiger partial charge is 0.496 e. The molecular weight excluding hydrogens is 530 g/mol. The predicted molar refractivity (Wildman–Crippen MR) is 160 cm³/mol. The van der Waals surface area contributed by atoms with Crippen LogP contribution < -0.4 is 15.0 Å². The summed E-state index contributed by atoms with van der Waals surface area (Å²) in [5.41, 5.74) is 2.82. The van der Waals surface area contributed by atoms with Gasteiger partial charge in [0, 0.05) is 66.3 Å². The SMILES string of the molecule is CNC1CCC(N(Cc2cc(-c3cnc(N(C)C)nc3)ccc2OC)C(=O)c2sc3ccccc3c2Cl)CC1. The second-order valence-electron chi connectivity index (χ2n) is 10.2. The Bertz CT molecular complexity index is 1450. The van der Waals surface area contributed by atoms with Gasteiger partial charge in [0.15, 0.2) is 0 Å². The quantitative estimate of drug-likeness (QED) is 0.273. The average Bonchev–Trinajstić information content (AvgIpc) is 3.32. The summed E-state index contributed by atoms with van der Waals surface area (Å²) in [7, 11) is 7.51. The molecule has 0 saturated heterocycles. The Morgan fingerprint density at radius 3 is 2.44 bits per heavy atom. The number of fused-ring (bicyclic) bond motifs is 1. The first-order valence-corrected chi connectivity index (χ1v) is 14.4. The Labute approximate surface area is 238 Å². The summed E-state index contributed by atoms with van der Waals surface area (Å²) in [6, 6.07) is 14.6. The molecule has 1 aliphatic carbocycles. The van der Waals surface area contributed by atoms with Crippen LogP contribution in [0.4, 0.5) is 5.95 Å². The molecule has 7 nitrogen and oxygen atoms in total. The number of methoxy groups -OCH3 is 1. The van der Waals surface area contributed by atoms with Crippen LogP contribution >= 0.6 is 22.9 Å². The fourth-order valence-corrected chi connectivity index (χ4v) is 6.76. The number of carbonyl (C=O) groups is 1. The Morgan fingerprint density at radius 1 is 1.08 bits per heavy atom. The van der Waals surface area contributed by atoms with E-state index in [9.17, 15) is 4.79 Å². The van der Waals surface area contributed by atoms with Crippen molar-refractivity contribution in [1.29, 1.82) is 0 Å². The smallest absolute Gasteiger partial charge is 0.266 e. The van der Waals surface area contributed by atoms with Crippen molar-refractivity contribution in [1.82, 2.24) is 20.2 Å². The molecule has 9 heteroatoms. The van der Waals surface area contributed by atoms with Gasteiger partial charge >= 0.3 is 0 Å². The van der Waals surface area contributed by atoms with Gasteiger partial charge in [-0.25, -0.2) is 9.97 Å². The molecule has 1 saturated carbocycles. The highest BCUT2D eigenvalue weighted by Gasteiger charge is 2.32. The van der Waals surface area contributed by atoms with Gasteiger partial charge in [-0.05, 0) is 56.5 Å². The van der Waals surface area contributed by atoms with Crippen LogP contribution in [-0.2, 0) is 6.54 Å². The maximum Gasteiger partial charge on any atom is 0.266 e. The number of anilines is 1. The van der Waals surface area contributed by atoms with Gasteiger partial charge in [0.25, 0.3) is 5.91 Å². The van der Waals surface area contributed by atoms with Gasteiger partial charge < -0.3 is 19.9 Å². The first-order chi connectivity index (χ1) is 18.9. The van der Waals surface area contributed by atoms with Crippen molar-refractivity contribution in [2.24, 2.45) is 0 Å². The Kier molecular flexibility index (Phi) is 8.35. The summed E-state index contributed by atoms with van der Waals surface area (Å²) in [6.45, 7) is 0.423. The lowest BCUT2D eigenvalue weighted by Gasteiger charge is -2.37. The van der Waals surface area contributed by atoms with E-state index in [0.717, 1.165) is 58.2 Å². The van der Waals surface area contributed by atoms with Gasteiger partial charge in [0.2, 0.25) is 5.95 Å². The molecule has 0 bridgehead atoms. The molecule has 1 aliphatic rings. The van der Waals surface area contributed by atoms with E-state index >= 15 is 0 Å². The summed E-state index contributed by atoms with van der Waals surface area (Å²) >= 11 is 8.26. The van der Waals surface area contributed by atoms with Gasteiger partial charge in [-0.1, -0.05) is 35.9 Å². The average molecular weight is 564 g/mol. The van der Waals surface area contributed by atoms with Crippen molar-refractivity contribution in [2.75, 3.05) is 33.2 Å². The zero-order valence-electron chi connectivity index (χ0n) is 22.8. The minimum Gasteiger partial charge on any atom is -0.496 e. The highest BCUT2D eigenvalue weighted by Crippen LogP contribution is 2.38. The number of ether oxygens (including phenoxy) is 1. The summed E-state index contributed by atoms with van der Waals surface area (Å²) in [4.78, 5) is 27.6. The van der Waals surface area contributed by atoms with Crippen LogP contribution in [0.15, 0.2) is 54.9 Å². The molecule has 0 radical (unpaired) electrons. The zero-order valence-corrected chi connectivity index (χ0v) is 24.4. The predicted octanol–water partition coefficient (Wildman–Crippen LogP) is 6.26. The fourth-order valence-electron chi connectivity index (χ4n) is 5.29. The molecule has 4 aromatic rings. The Balaban J connectivity index is 1.51. The number of thiophene rings is 1. The number of halogens is 1. The van der Waals surface area contributed by atoms with E-state index in [0.29, 0.717) is 28.4 Å². The Morgan fingerprint density at radius 2 is 1.79 bits per heavy atom. The maximum atomic E-state index is 14.2. The molecule has 204 valence electrons. The molecule has 39 heavy (non-hydrogen) atoms. The number of rotatable bonds is 8. The summed E-state index contributed by atoms with van der Waals surface area (Å²) in [5, 5.41) is 4.86. The third-order valence-electron chi connectivity index (χ3n) is 7.53. The van der Waals surface area contributed by atoms with Crippen LogP contribution in [0.3, 0.4) is 0 Å². The summed E-state index contributed by atoms with van der Waals surface area (Å²) in [5.74, 6) is 1.37. The van der Waals surface area contributed by atoms with Crippen molar-refractivity contribution in [3.05, 3.63) is 70.3 Å². The third-order valence-corrected chi connectivity index (χ3v) is 9.19. The second-order valence-corrected chi connectivity index (χ2v) is 11.6. The van der Waals surface area contributed by atoms with E-state index in [1.807, 2.05) is 79.7 Å². The summed E-state index contributed by atoms with van der Waals surface area (Å²) < 4.78 is 6.78. The molecule has 0 aliphatic heterocycles. The van der Waals surface area contributed by atoms with Crippen molar-refractivity contribution < 1.29 is 9.53 Å². The molecule has 1 N–H and O–H groups in total. The highest BCUT2D eigenvalue weighted by atomic mass is 35.5. The second kappa shape index (κ2) is 11.9. The monoisotopic (exact) mass is 563 g/mol. The lowest BCUT2D eigenvalue weighted by Crippen LogP contribution is -2.44. The van der Waals surface area contributed by atoms with Crippen LogP contribution in [0.5, 0.6) is 5.75 Å². The standard InChI is InChI=1S/C30H34ClN5O2S/c1-32-22-10-12-23(13-11-22)36(29(37)28-27(31)24-7-5-6-8-26(24)39-28)18-20-15-19(9-14-25(20)38-4)21-16-33-30(34-17-21)35(2)3/h5-9,14-17,22-23,32H,10-13,18H2,1-4H3. The minimum absolute atomic E-state index is 0.0276. The number of aromatic nitrogens is 2. The molecule has 2 heterocycles. The number of nitrogens with zero attached hydrogens (tertiary/aromatic N) is 4. The number of amides is 1. The minimum atomic E-state index is -0.0276. The van der Waals surface area contributed by atoms with E-state index < -0.39 is 0 Å². The van der Waals surface area contributed by atoms with E-state index in [2.05, 4.69) is 21.4 Å². The lowest BCUT2D eigenvalue weighted by molar-refractivity contribution is 0.0604. The molecule has 1 fully saturated rings. The fraction of sp³-hybridized carbons (Fsp3) is 0.367. The third kappa shape index (κ3) is 5.73. The number of hydrogen-bond donors (Lipinski definition) is 1. The van der Waals surface area contributed by atoms with Gasteiger partial charge in [-0.3, -0.25) is 4.79 Å². The molecule has 0 atom stereocenters. The highest BCUT2D eigenvalue weighted by molar-refractivity contribution is 7.21. The molecule has 2 aromatic carbocycles. The van der Waals surface area contributed by atoms with E-state index in [-0.39, 0.29) is 11.9 Å². The van der Waals surface area contributed by atoms with Crippen molar-refractivity contribution in [2.45, 2.75) is 44.3 Å². The topological polar surface area (TPSA) is 70.6 Å². The maximum absolute atomic E-state index is 14.2. The molecular formula is C30H34ClN5O2S. The zero-order chi connectivity index (χ0) is 27.5. The molecule has 5 rings (SSSR count). The molecule has 0 spiro atoms. The van der Waals surface area contributed by atoms with Crippen LogP contribution in [0.2, 0.25) is 5.02 Å². The summed E-state index contributed by atoms with van der Waals surface area (Å²) in [6.07, 6.45) is 7.57. The van der Waals surface area contributed by atoms with Crippen molar-refractivity contribution in [3.63, 3.8) is 0 Å².